The van der Waals surface area contributed by atoms with E-state index in [1.165, 1.54) is 12.1 Å². The summed E-state index contributed by atoms with van der Waals surface area (Å²) in [5, 5.41) is 3.36. The third kappa shape index (κ3) is 1.82. The zero-order valence-corrected chi connectivity index (χ0v) is 9.91. The number of nitrogens with zero attached hydrogens (tertiary/aromatic N) is 2. The van der Waals surface area contributed by atoms with Crippen LogP contribution in [0.25, 0.3) is 11.0 Å². The molecule has 17 heavy (non-hydrogen) atoms. The van der Waals surface area contributed by atoms with Crippen molar-refractivity contribution in [3.63, 3.8) is 0 Å². The maximum Gasteiger partial charge on any atom is 0.125 e. The van der Waals surface area contributed by atoms with E-state index in [0.29, 0.717) is 6.04 Å². The van der Waals surface area contributed by atoms with Gasteiger partial charge in [-0.3, -0.25) is 0 Å². The largest absolute Gasteiger partial charge is 0.325 e. The predicted molar refractivity (Wildman–Crippen MR) is 65.6 cm³/mol. The monoisotopic (exact) mass is 233 g/mol. The first kappa shape index (κ1) is 10.7. The Balaban J connectivity index is 2.11. The molecule has 2 heterocycles. The first-order valence-electron chi connectivity index (χ1n) is 6.10. The van der Waals surface area contributed by atoms with Crippen molar-refractivity contribution in [3.05, 3.63) is 29.8 Å². The molecular formula is C13H16FN3. The minimum Gasteiger partial charge on any atom is -0.325 e. The Labute approximate surface area is 99.7 Å². The SMILES string of the molecule is Cc1nc2cc(F)ccc2n1C1CCNCC1. The molecule has 1 aromatic heterocycles. The number of rotatable bonds is 1. The van der Waals surface area contributed by atoms with Gasteiger partial charge in [-0.25, -0.2) is 9.37 Å². The lowest BCUT2D eigenvalue weighted by atomic mass is 10.1. The molecule has 0 saturated carbocycles. The van der Waals surface area contributed by atoms with Crippen molar-refractivity contribution in [2.24, 2.45) is 0 Å². The Morgan fingerprint density at radius 1 is 1.35 bits per heavy atom. The fourth-order valence-corrected chi connectivity index (χ4v) is 2.72. The van der Waals surface area contributed by atoms with Crippen molar-refractivity contribution in [2.45, 2.75) is 25.8 Å². The van der Waals surface area contributed by atoms with Gasteiger partial charge in [0.05, 0.1) is 11.0 Å². The van der Waals surface area contributed by atoms with Gasteiger partial charge in [0.25, 0.3) is 0 Å². The van der Waals surface area contributed by atoms with Crippen LogP contribution in [0.3, 0.4) is 0 Å². The number of nitrogens with one attached hydrogen (secondary N) is 1. The number of piperidine rings is 1. The number of imidazole rings is 1. The standard InChI is InChI=1S/C13H16FN3/c1-9-16-12-8-10(14)2-3-13(12)17(9)11-4-6-15-7-5-11/h2-3,8,11,15H,4-7H2,1H3. The van der Waals surface area contributed by atoms with E-state index in [0.717, 1.165) is 42.8 Å². The number of fused-ring (bicyclic) bond motifs is 1. The van der Waals surface area contributed by atoms with Crippen LogP contribution in [0.5, 0.6) is 0 Å². The molecular weight excluding hydrogens is 217 g/mol. The molecule has 1 fully saturated rings. The Hall–Kier alpha value is -1.42. The second-order valence-electron chi connectivity index (χ2n) is 4.64. The van der Waals surface area contributed by atoms with E-state index in [9.17, 15) is 4.39 Å². The average molecular weight is 233 g/mol. The van der Waals surface area contributed by atoms with E-state index >= 15 is 0 Å². The van der Waals surface area contributed by atoms with E-state index in [-0.39, 0.29) is 5.82 Å². The lowest BCUT2D eigenvalue weighted by Gasteiger charge is -2.25. The quantitative estimate of drug-likeness (QED) is 0.819. The minimum atomic E-state index is -0.215. The molecule has 0 bridgehead atoms. The third-order valence-electron chi connectivity index (χ3n) is 3.50. The topological polar surface area (TPSA) is 29.9 Å². The third-order valence-corrected chi connectivity index (χ3v) is 3.50. The lowest BCUT2D eigenvalue weighted by molar-refractivity contribution is 0.370. The summed E-state index contributed by atoms with van der Waals surface area (Å²) < 4.78 is 15.4. The highest BCUT2D eigenvalue weighted by Crippen LogP contribution is 2.26. The van der Waals surface area contributed by atoms with Crippen LogP contribution in [0, 0.1) is 12.7 Å². The van der Waals surface area contributed by atoms with E-state index < -0.39 is 0 Å². The molecule has 0 atom stereocenters. The van der Waals surface area contributed by atoms with Crippen LogP contribution < -0.4 is 5.32 Å². The number of hydrogen-bond acceptors (Lipinski definition) is 2. The normalized spacial score (nSPS) is 17.8. The summed E-state index contributed by atoms with van der Waals surface area (Å²) >= 11 is 0. The zero-order valence-electron chi connectivity index (χ0n) is 9.91. The maximum atomic E-state index is 13.2. The maximum absolute atomic E-state index is 13.2. The van der Waals surface area contributed by atoms with E-state index in [2.05, 4.69) is 14.9 Å². The molecule has 1 aliphatic heterocycles. The van der Waals surface area contributed by atoms with Gasteiger partial charge in [0.1, 0.15) is 11.6 Å². The second-order valence-corrected chi connectivity index (χ2v) is 4.64. The van der Waals surface area contributed by atoms with Gasteiger partial charge >= 0.3 is 0 Å². The van der Waals surface area contributed by atoms with Crippen molar-refractivity contribution in [1.29, 1.82) is 0 Å². The molecule has 1 aliphatic rings. The van der Waals surface area contributed by atoms with Crippen LogP contribution in [-0.4, -0.2) is 22.6 Å². The van der Waals surface area contributed by atoms with Crippen LogP contribution in [0.1, 0.15) is 24.7 Å². The van der Waals surface area contributed by atoms with Crippen LogP contribution >= 0.6 is 0 Å². The highest BCUT2D eigenvalue weighted by molar-refractivity contribution is 5.76. The number of halogens is 1. The van der Waals surface area contributed by atoms with Gasteiger partial charge in [0.15, 0.2) is 0 Å². The average Bonchev–Trinajstić information content (AvgIpc) is 2.65. The molecule has 0 spiro atoms. The summed E-state index contributed by atoms with van der Waals surface area (Å²) in [6, 6.07) is 5.36. The fraction of sp³-hybridized carbons (Fsp3) is 0.462. The zero-order chi connectivity index (χ0) is 11.8. The van der Waals surface area contributed by atoms with Crippen LogP contribution in [0.4, 0.5) is 4.39 Å². The van der Waals surface area contributed by atoms with Gasteiger partial charge in [0.2, 0.25) is 0 Å². The number of benzene rings is 1. The number of hydrogen-bond donors (Lipinski definition) is 1. The molecule has 0 unspecified atom stereocenters. The number of aromatic nitrogens is 2. The van der Waals surface area contributed by atoms with E-state index in [4.69, 9.17) is 0 Å². The molecule has 4 heteroatoms. The number of aryl methyl sites for hydroxylation is 1. The lowest BCUT2D eigenvalue weighted by Crippen LogP contribution is -2.29. The molecule has 3 nitrogen and oxygen atoms in total. The van der Waals surface area contributed by atoms with Gasteiger partial charge in [0, 0.05) is 12.1 Å². The van der Waals surface area contributed by atoms with Gasteiger partial charge in [-0.2, -0.15) is 0 Å². The summed E-state index contributed by atoms with van der Waals surface area (Å²) in [6.45, 7) is 4.09. The minimum absolute atomic E-state index is 0.215. The molecule has 0 amide bonds. The van der Waals surface area contributed by atoms with Crippen molar-refractivity contribution in [2.75, 3.05) is 13.1 Å². The Kier molecular flexibility index (Phi) is 2.59. The van der Waals surface area contributed by atoms with Crippen molar-refractivity contribution < 1.29 is 4.39 Å². The van der Waals surface area contributed by atoms with Gasteiger partial charge in [-0.05, 0) is 45.0 Å². The second kappa shape index (κ2) is 4.11. The Bertz CT molecular complexity index is 541. The predicted octanol–water partition coefficient (Wildman–Crippen LogP) is 2.41. The molecule has 0 radical (unpaired) electrons. The van der Waals surface area contributed by atoms with Crippen LogP contribution in [0.15, 0.2) is 18.2 Å². The molecule has 2 aromatic rings. The Morgan fingerprint density at radius 3 is 2.88 bits per heavy atom. The molecule has 0 aliphatic carbocycles. The van der Waals surface area contributed by atoms with Crippen LogP contribution in [-0.2, 0) is 0 Å². The van der Waals surface area contributed by atoms with Gasteiger partial charge in [-0.1, -0.05) is 0 Å². The Morgan fingerprint density at radius 2 is 2.12 bits per heavy atom. The smallest absolute Gasteiger partial charge is 0.125 e. The molecule has 1 N–H and O–H groups in total. The van der Waals surface area contributed by atoms with Crippen molar-refractivity contribution >= 4 is 11.0 Å². The summed E-state index contributed by atoms with van der Waals surface area (Å²) in [4.78, 5) is 4.45. The summed E-state index contributed by atoms with van der Waals surface area (Å²) in [5.74, 6) is 0.768. The first-order valence-corrected chi connectivity index (χ1v) is 6.10. The van der Waals surface area contributed by atoms with Gasteiger partial charge in [-0.15, -0.1) is 0 Å². The van der Waals surface area contributed by atoms with Gasteiger partial charge < -0.3 is 9.88 Å². The fourth-order valence-electron chi connectivity index (χ4n) is 2.72. The summed E-state index contributed by atoms with van der Waals surface area (Å²) in [5.41, 5.74) is 1.82. The summed E-state index contributed by atoms with van der Waals surface area (Å²) in [7, 11) is 0. The first-order chi connectivity index (χ1) is 8.25. The van der Waals surface area contributed by atoms with Crippen molar-refractivity contribution in [3.8, 4) is 0 Å². The van der Waals surface area contributed by atoms with E-state index in [1.54, 1.807) is 0 Å². The summed E-state index contributed by atoms with van der Waals surface area (Å²) in [6.07, 6.45) is 2.23. The van der Waals surface area contributed by atoms with Crippen molar-refractivity contribution in [1.82, 2.24) is 14.9 Å². The highest BCUT2D eigenvalue weighted by atomic mass is 19.1. The van der Waals surface area contributed by atoms with Crippen LogP contribution in [0.2, 0.25) is 0 Å². The molecule has 90 valence electrons. The highest BCUT2D eigenvalue weighted by Gasteiger charge is 2.19. The molecule has 1 saturated heterocycles. The molecule has 1 aromatic carbocycles. The van der Waals surface area contributed by atoms with E-state index in [1.807, 2.05) is 13.0 Å². The molecule has 3 rings (SSSR count).